The molecule has 3 rings (SSSR count). The van der Waals surface area contributed by atoms with Crippen LogP contribution < -0.4 is 10.1 Å². The van der Waals surface area contributed by atoms with Gasteiger partial charge in [0, 0.05) is 44.3 Å². The first-order valence-corrected chi connectivity index (χ1v) is 7.83. The molecule has 0 spiro atoms. The summed E-state index contributed by atoms with van der Waals surface area (Å²) in [4.78, 5) is 8.78. The molecule has 3 heterocycles. The fourth-order valence-electron chi connectivity index (χ4n) is 2.85. The van der Waals surface area contributed by atoms with E-state index in [0.29, 0.717) is 13.1 Å². The van der Waals surface area contributed by atoms with Crippen molar-refractivity contribution < 1.29 is 4.74 Å². The number of nitrogens with one attached hydrogen (secondary N) is 1. The molecule has 3 aromatic heterocycles. The normalized spacial score (nSPS) is 11.0. The van der Waals surface area contributed by atoms with Gasteiger partial charge in [0.1, 0.15) is 11.6 Å². The standard InChI is InChI=1S/C17H22N6O/c1-12-15(17(24-4)22(3)21-12)11-18-10-14-6-5-7-20-16(14)23-9-8-19-13(23)2/h5-9,18H,10-11H2,1-4H3. The van der Waals surface area contributed by atoms with Gasteiger partial charge in [-0.05, 0) is 19.9 Å². The van der Waals surface area contributed by atoms with Crippen molar-refractivity contribution in [1.29, 1.82) is 0 Å². The number of rotatable bonds is 6. The predicted molar refractivity (Wildman–Crippen MR) is 91.1 cm³/mol. The zero-order valence-electron chi connectivity index (χ0n) is 14.4. The molecule has 0 aliphatic rings. The molecular formula is C17H22N6O. The third kappa shape index (κ3) is 3.03. The van der Waals surface area contributed by atoms with E-state index in [-0.39, 0.29) is 0 Å². The lowest BCUT2D eigenvalue weighted by molar-refractivity contribution is 0.368. The highest BCUT2D eigenvalue weighted by Crippen LogP contribution is 2.21. The summed E-state index contributed by atoms with van der Waals surface area (Å²) < 4.78 is 9.19. The smallest absolute Gasteiger partial charge is 0.216 e. The van der Waals surface area contributed by atoms with E-state index in [9.17, 15) is 0 Å². The summed E-state index contributed by atoms with van der Waals surface area (Å²) in [5.41, 5.74) is 3.15. The molecule has 0 radical (unpaired) electrons. The first-order chi connectivity index (χ1) is 11.6. The molecule has 24 heavy (non-hydrogen) atoms. The quantitative estimate of drug-likeness (QED) is 0.749. The molecular weight excluding hydrogens is 304 g/mol. The largest absolute Gasteiger partial charge is 0.481 e. The molecule has 0 atom stereocenters. The highest BCUT2D eigenvalue weighted by Gasteiger charge is 2.14. The third-order valence-electron chi connectivity index (χ3n) is 4.02. The van der Waals surface area contributed by atoms with E-state index in [1.54, 1.807) is 24.2 Å². The van der Waals surface area contributed by atoms with E-state index in [1.807, 2.05) is 37.7 Å². The van der Waals surface area contributed by atoms with Crippen molar-refractivity contribution in [3.05, 3.63) is 53.4 Å². The van der Waals surface area contributed by atoms with Crippen molar-refractivity contribution in [3.63, 3.8) is 0 Å². The maximum absolute atomic E-state index is 5.43. The number of nitrogens with zero attached hydrogens (tertiary/aromatic N) is 5. The van der Waals surface area contributed by atoms with Gasteiger partial charge in [-0.15, -0.1) is 0 Å². The average molecular weight is 326 g/mol. The van der Waals surface area contributed by atoms with E-state index in [0.717, 1.165) is 34.3 Å². The molecule has 126 valence electrons. The molecule has 0 saturated heterocycles. The fraction of sp³-hybridized carbons (Fsp3) is 0.353. The Hall–Kier alpha value is -2.67. The Bertz CT molecular complexity index is 835. The lowest BCUT2D eigenvalue weighted by Crippen LogP contribution is -2.16. The molecule has 0 aromatic carbocycles. The molecule has 0 fully saturated rings. The van der Waals surface area contributed by atoms with Gasteiger partial charge in [0.15, 0.2) is 0 Å². The average Bonchev–Trinajstić information content (AvgIpc) is 3.11. The van der Waals surface area contributed by atoms with E-state index in [1.165, 1.54) is 0 Å². The second kappa shape index (κ2) is 6.84. The summed E-state index contributed by atoms with van der Waals surface area (Å²) in [6, 6.07) is 4.02. The van der Waals surface area contributed by atoms with Crippen LogP contribution in [0.1, 0.15) is 22.6 Å². The van der Waals surface area contributed by atoms with Crippen LogP contribution in [0.3, 0.4) is 0 Å². The Morgan fingerprint density at radius 2 is 2.00 bits per heavy atom. The summed E-state index contributed by atoms with van der Waals surface area (Å²) in [7, 11) is 3.55. The molecule has 7 nitrogen and oxygen atoms in total. The van der Waals surface area contributed by atoms with Crippen molar-refractivity contribution in [2.24, 2.45) is 7.05 Å². The van der Waals surface area contributed by atoms with Crippen LogP contribution in [0.5, 0.6) is 5.88 Å². The van der Waals surface area contributed by atoms with Crippen LogP contribution in [0.2, 0.25) is 0 Å². The van der Waals surface area contributed by atoms with Gasteiger partial charge in [0.25, 0.3) is 0 Å². The van der Waals surface area contributed by atoms with Gasteiger partial charge in [-0.25, -0.2) is 14.6 Å². The highest BCUT2D eigenvalue weighted by atomic mass is 16.5. The maximum atomic E-state index is 5.43. The zero-order chi connectivity index (χ0) is 17.1. The topological polar surface area (TPSA) is 69.8 Å². The number of aryl methyl sites for hydroxylation is 3. The Balaban J connectivity index is 1.76. The van der Waals surface area contributed by atoms with Gasteiger partial charge < -0.3 is 10.1 Å². The summed E-state index contributed by atoms with van der Waals surface area (Å²) in [5.74, 6) is 2.60. The molecule has 3 aromatic rings. The predicted octanol–water partition coefficient (Wildman–Crippen LogP) is 1.92. The molecule has 0 unspecified atom stereocenters. The number of pyridine rings is 1. The van der Waals surface area contributed by atoms with Gasteiger partial charge in [-0.1, -0.05) is 6.07 Å². The molecule has 0 aliphatic heterocycles. The second-order valence-electron chi connectivity index (χ2n) is 5.63. The first kappa shape index (κ1) is 16.2. The number of imidazole rings is 1. The molecule has 0 aliphatic carbocycles. The fourth-order valence-corrected chi connectivity index (χ4v) is 2.85. The number of aromatic nitrogens is 5. The van der Waals surface area contributed by atoms with Gasteiger partial charge >= 0.3 is 0 Å². The summed E-state index contributed by atoms with van der Waals surface area (Å²) >= 11 is 0. The van der Waals surface area contributed by atoms with E-state index < -0.39 is 0 Å². The number of hydrogen-bond donors (Lipinski definition) is 1. The number of hydrogen-bond acceptors (Lipinski definition) is 5. The summed E-state index contributed by atoms with van der Waals surface area (Å²) in [6.45, 7) is 5.33. The molecule has 1 N–H and O–H groups in total. The van der Waals surface area contributed by atoms with Gasteiger partial charge in [0.2, 0.25) is 5.88 Å². The highest BCUT2D eigenvalue weighted by molar-refractivity contribution is 5.35. The lowest BCUT2D eigenvalue weighted by Gasteiger charge is -2.12. The minimum atomic E-state index is 0.681. The molecule has 0 amide bonds. The van der Waals surface area contributed by atoms with E-state index in [2.05, 4.69) is 26.4 Å². The van der Waals surface area contributed by atoms with E-state index in [4.69, 9.17) is 4.74 Å². The molecule has 0 saturated carbocycles. The molecule has 7 heteroatoms. The van der Waals surface area contributed by atoms with Crippen LogP contribution in [0.4, 0.5) is 0 Å². The van der Waals surface area contributed by atoms with Crippen molar-refractivity contribution in [2.75, 3.05) is 7.11 Å². The van der Waals surface area contributed by atoms with Crippen LogP contribution in [0.15, 0.2) is 30.7 Å². The lowest BCUT2D eigenvalue weighted by atomic mass is 10.2. The van der Waals surface area contributed by atoms with Crippen molar-refractivity contribution in [2.45, 2.75) is 26.9 Å². The Labute approximate surface area is 141 Å². The Kier molecular flexibility index (Phi) is 4.61. The van der Waals surface area contributed by atoms with Crippen LogP contribution in [-0.2, 0) is 20.1 Å². The van der Waals surface area contributed by atoms with Crippen molar-refractivity contribution in [3.8, 4) is 11.7 Å². The third-order valence-corrected chi connectivity index (χ3v) is 4.02. The van der Waals surface area contributed by atoms with Crippen molar-refractivity contribution >= 4 is 0 Å². The van der Waals surface area contributed by atoms with Crippen LogP contribution in [0, 0.1) is 13.8 Å². The zero-order valence-corrected chi connectivity index (χ0v) is 14.4. The monoisotopic (exact) mass is 326 g/mol. The van der Waals surface area contributed by atoms with Crippen LogP contribution >= 0.6 is 0 Å². The summed E-state index contributed by atoms with van der Waals surface area (Å²) in [6.07, 6.45) is 5.51. The van der Waals surface area contributed by atoms with Gasteiger partial charge in [-0.3, -0.25) is 4.57 Å². The summed E-state index contributed by atoms with van der Waals surface area (Å²) in [5, 5.41) is 7.87. The van der Waals surface area contributed by atoms with Gasteiger partial charge in [0.05, 0.1) is 18.4 Å². The Morgan fingerprint density at radius 1 is 1.17 bits per heavy atom. The van der Waals surface area contributed by atoms with Crippen LogP contribution in [-0.4, -0.2) is 31.4 Å². The van der Waals surface area contributed by atoms with Gasteiger partial charge in [-0.2, -0.15) is 5.10 Å². The van der Waals surface area contributed by atoms with Crippen LogP contribution in [0.25, 0.3) is 5.82 Å². The van der Waals surface area contributed by atoms with E-state index >= 15 is 0 Å². The second-order valence-corrected chi connectivity index (χ2v) is 5.63. The minimum absolute atomic E-state index is 0.681. The van der Waals surface area contributed by atoms with Crippen molar-refractivity contribution in [1.82, 2.24) is 29.6 Å². The Morgan fingerprint density at radius 3 is 2.71 bits per heavy atom. The first-order valence-electron chi connectivity index (χ1n) is 7.83. The maximum Gasteiger partial charge on any atom is 0.216 e. The molecule has 0 bridgehead atoms. The minimum Gasteiger partial charge on any atom is -0.481 e. The SMILES string of the molecule is COc1c(CNCc2cccnc2-n2ccnc2C)c(C)nn1C. The number of methoxy groups -OCH3 is 1. The number of ether oxygens (including phenoxy) is 1.